The number of aromatic nitrogens is 4. The summed E-state index contributed by atoms with van der Waals surface area (Å²) in [7, 11) is 0. The highest BCUT2D eigenvalue weighted by atomic mass is 19.4. The number of fused-ring (bicyclic) bond motifs is 1. The summed E-state index contributed by atoms with van der Waals surface area (Å²) in [6, 6.07) is 0. The van der Waals surface area contributed by atoms with E-state index >= 15 is 0 Å². The Morgan fingerprint density at radius 3 is 2.19 bits per heavy atom. The predicted octanol–water partition coefficient (Wildman–Crippen LogP) is 0.475. The summed E-state index contributed by atoms with van der Waals surface area (Å²) in [4.78, 5) is 5.61. The van der Waals surface area contributed by atoms with Gasteiger partial charge in [0.25, 0.3) is 0 Å². The van der Waals surface area contributed by atoms with E-state index in [0.717, 1.165) is 0 Å². The van der Waals surface area contributed by atoms with E-state index < -0.39 is 66.1 Å². The Balaban J connectivity index is 2.20. The minimum atomic E-state index is -5.27. The number of hydrogen-bond acceptors (Lipinski definition) is 7. The Hall–Kier alpha value is -2.03. The van der Waals surface area contributed by atoms with Crippen molar-refractivity contribution in [3.63, 3.8) is 0 Å². The van der Waals surface area contributed by atoms with Gasteiger partial charge in [-0.1, -0.05) is 0 Å². The molecule has 3 heterocycles. The van der Waals surface area contributed by atoms with Gasteiger partial charge in [0, 0.05) is 0 Å². The number of nitrogens with zero attached hydrogens (tertiary/aromatic N) is 4. The smallest absolute Gasteiger partial charge is 0.394 e. The first-order valence-corrected chi connectivity index (χ1v) is 6.97. The van der Waals surface area contributed by atoms with E-state index in [1.54, 1.807) is 0 Å². The van der Waals surface area contributed by atoms with Gasteiger partial charge in [-0.15, -0.1) is 0 Å². The quantitative estimate of drug-likeness (QED) is 0.641. The molecule has 0 amide bonds. The van der Waals surface area contributed by atoms with E-state index in [2.05, 4.69) is 15.1 Å². The molecule has 0 aromatic carbocycles. The molecular formula is C12H10F6N4O4. The van der Waals surface area contributed by atoms with Crippen molar-refractivity contribution >= 4 is 11.0 Å². The van der Waals surface area contributed by atoms with E-state index in [4.69, 9.17) is 9.84 Å². The molecule has 1 aliphatic rings. The summed E-state index contributed by atoms with van der Waals surface area (Å²) in [6.07, 6.45) is -16.3. The standard InChI is InChI=1S/C12H10F6N4O4/c13-11(14,15)7-3-1-19-22(8(3)21-10(20-7)12(16,17)18)9-6(25)5(24)4(2-23)26-9/h1,4-6,9,23-25H,2H2/t4-,5-,6-,9-/m1/s1. The Labute approximate surface area is 139 Å². The van der Waals surface area contributed by atoms with Gasteiger partial charge in [-0.25, -0.2) is 14.6 Å². The summed E-state index contributed by atoms with van der Waals surface area (Å²) in [5, 5.41) is 31.3. The second-order valence-electron chi connectivity index (χ2n) is 5.45. The second-order valence-corrected chi connectivity index (χ2v) is 5.45. The average molecular weight is 388 g/mol. The SMILES string of the molecule is OC[C@H]1O[C@@H](n2ncc3c(C(F)(F)F)nc(C(F)(F)F)nc32)[C@H](O)[C@@H]1O. The van der Waals surface area contributed by atoms with Crippen LogP contribution < -0.4 is 0 Å². The Kier molecular flexibility index (Phi) is 4.33. The molecule has 4 atom stereocenters. The Bertz CT molecular complexity index is 822. The van der Waals surface area contributed by atoms with Crippen LogP contribution in [0.4, 0.5) is 26.3 Å². The van der Waals surface area contributed by atoms with Crippen LogP contribution >= 0.6 is 0 Å². The lowest BCUT2D eigenvalue weighted by atomic mass is 10.1. The lowest BCUT2D eigenvalue weighted by molar-refractivity contribution is -0.151. The molecule has 1 fully saturated rings. The van der Waals surface area contributed by atoms with Crippen LogP contribution in [0.2, 0.25) is 0 Å². The molecule has 0 bridgehead atoms. The minimum absolute atomic E-state index is 0.477. The topological polar surface area (TPSA) is 114 Å². The number of halogens is 6. The Morgan fingerprint density at radius 1 is 1.04 bits per heavy atom. The molecule has 1 aliphatic heterocycles. The number of ether oxygens (including phenoxy) is 1. The van der Waals surface area contributed by atoms with Gasteiger partial charge in [0.2, 0.25) is 5.82 Å². The molecule has 3 N–H and O–H groups in total. The van der Waals surface area contributed by atoms with Crippen molar-refractivity contribution in [2.45, 2.75) is 36.9 Å². The summed E-state index contributed by atoms with van der Waals surface area (Å²) in [5.41, 5.74) is -2.75. The van der Waals surface area contributed by atoms with E-state index in [1.165, 1.54) is 0 Å². The van der Waals surface area contributed by atoms with Crippen molar-refractivity contribution in [3.8, 4) is 0 Å². The number of alkyl halides is 6. The van der Waals surface area contributed by atoms with Crippen LogP contribution in [0.25, 0.3) is 11.0 Å². The highest BCUT2D eigenvalue weighted by Gasteiger charge is 2.46. The van der Waals surface area contributed by atoms with E-state index in [-0.39, 0.29) is 0 Å². The lowest BCUT2D eigenvalue weighted by Gasteiger charge is -2.17. The van der Waals surface area contributed by atoms with Crippen LogP contribution in [-0.2, 0) is 17.1 Å². The fraction of sp³-hybridized carbons (Fsp3) is 0.583. The molecule has 0 radical (unpaired) electrons. The van der Waals surface area contributed by atoms with Gasteiger partial charge in [0.15, 0.2) is 17.6 Å². The molecule has 0 aliphatic carbocycles. The zero-order valence-electron chi connectivity index (χ0n) is 12.4. The molecule has 8 nitrogen and oxygen atoms in total. The van der Waals surface area contributed by atoms with Crippen LogP contribution in [0.15, 0.2) is 6.20 Å². The van der Waals surface area contributed by atoms with Crippen LogP contribution in [-0.4, -0.2) is 60.0 Å². The van der Waals surface area contributed by atoms with Crippen molar-refractivity contribution in [3.05, 3.63) is 17.7 Å². The monoisotopic (exact) mass is 388 g/mol. The largest absolute Gasteiger partial charge is 0.451 e. The molecule has 2 aromatic rings. The fourth-order valence-electron chi connectivity index (χ4n) is 2.54. The van der Waals surface area contributed by atoms with Crippen LogP contribution in [0.3, 0.4) is 0 Å². The first-order chi connectivity index (χ1) is 11.9. The molecule has 0 unspecified atom stereocenters. The highest BCUT2D eigenvalue weighted by Crippen LogP contribution is 2.38. The van der Waals surface area contributed by atoms with Gasteiger partial charge in [0.05, 0.1) is 18.2 Å². The van der Waals surface area contributed by atoms with E-state index in [9.17, 15) is 36.6 Å². The van der Waals surface area contributed by atoms with Crippen LogP contribution in [0.1, 0.15) is 17.7 Å². The molecule has 2 aromatic heterocycles. The number of aliphatic hydroxyl groups is 3. The zero-order chi connectivity index (χ0) is 19.4. The molecule has 14 heteroatoms. The van der Waals surface area contributed by atoms with Crippen molar-refractivity contribution in [2.75, 3.05) is 6.61 Å². The summed E-state index contributed by atoms with van der Waals surface area (Å²) in [6.45, 7) is -0.746. The van der Waals surface area contributed by atoms with Crippen molar-refractivity contribution in [1.29, 1.82) is 0 Å². The third-order valence-electron chi connectivity index (χ3n) is 3.73. The van der Waals surface area contributed by atoms with Gasteiger partial charge in [0.1, 0.15) is 18.3 Å². The first-order valence-electron chi connectivity index (χ1n) is 6.97. The lowest BCUT2D eigenvalue weighted by Crippen LogP contribution is -2.33. The van der Waals surface area contributed by atoms with Crippen molar-refractivity contribution < 1.29 is 46.4 Å². The minimum Gasteiger partial charge on any atom is -0.394 e. The van der Waals surface area contributed by atoms with E-state index in [0.29, 0.717) is 10.9 Å². The maximum Gasteiger partial charge on any atom is 0.451 e. The molecule has 0 saturated carbocycles. The normalized spacial score (nSPS) is 27.4. The van der Waals surface area contributed by atoms with Gasteiger partial charge in [-0.2, -0.15) is 31.4 Å². The maximum atomic E-state index is 13.1. The van der Waals surface area contributed by atoms with Crippen molar-refractivity contribution in [1.82, 2.24) is 19.7 Å². The zero-order valence-corrected chi connectivity index (χ0v) is 12.4. The molecule has 1 saturated heterocycles. The van der Waals surface area contributed by atoms with Crippen LogP contribution in [0, 0.1) is 0 Å². The molecule has 26 heavy (non-hydrogen) atoms. The third-order valence-corrected chi connectivity index (χ3v) is 3.73. The molecule has 144 valence electrons. The van der Waals surface area contributed by atoms with Gasteiger partial charge < -0.3 is 20.1 Å². The summed E-state index contributed by atoms with van der Waals surface area (Å²) < 4.78 is 83.4. The molecule has 0 spiro atoms. The second kappa shape index (κ2) is 6.00. The number of hydrogen-bond donors (Lipinski definition) is 3. The third kappa shape index (κ3) is 2.98. The fourth-order valence-corrected chi connectivity index (χ4v) is 2.54. The van der Waals surface area contributed by atoms with Gasteiger partial charge in [-0.05, 0) is 0 Å². The molecular weight excluding hydrogens is 378 g/mol. The maximum absolute atomic E-state index is 13.1. The Morgan fingerprint density at radius 2 is 1.69 bits per heavy atom. The van der Waals surface area contributed by atoms with E-state index in [1.807, 2.05) is 0 Å². The summed E-state index contributed by atoms with van der Waals surface area (Å²) in [5.74, 6) is -2.05. The number of aliphatic hydroxyl groups excluding tert-OH is 3. The van der Waals surface area contributed by atoms with Gasteiger partial charge in [-0.3, -0.25) is 0 Å². The number of rotatable bonds is 2. The predicted molar refractivity (Wildman–Crippen MR) is 68.3 cm³/mol. The van der Waals surface area contributed by atoms with Crippen molar-refractivity contribution in [2.24, 2.45) is 0 Å². The highest BCUT2D eigenvalue weighted by molar-refractivity contribution is 5.78. The molecule has 3 rings (SSSR count). The first kappa shape index (κ1) is 18.8. The average Bonchev–Trinajstić information content (AvgIpc) is 3.07. The van der Waals surface area contributed by atoms with Gasteiger partial charge >= 0.3 is 12.4 Å². The summed E-state index contributed by atoms with van der Waals surface area (Å²) >= 11 is 0. The van der Waals surface area contributed by atoms with Crippen LogP contribution in [0.5, 0.6) is 0 Å².